The van der Waals surface area contributed by atoms with Crippen LogP contribution in [0.5, 0.6) is 0 Å². The predicted octanol–water partition coefficient (Wildman–Crippen LogP) is 3.78. The summed E-state index contributed by atoms with van der Waals surface area (Å²) in [7, 11) is 4.36. The van der Waals surface area contributed by atoms with E-state index in [4.69, 9.17) is 17.3 Å². The summed E-state index contributed by atoms with van der Waals surface area (Å²) in [6, 6.07) is 4.27. The molecule has 0 aromatic carbocycles. The van der Waals surface area contributed by atoms with Crippen molar-refractivity contribution in [2.45, 2.75) is 50.6 Å². The molecule has 0 aliphatic heterocycles. The Hall–Kier alpha value is -0.0900. The van der Waals surface area contributed by atoms with E-state index in [0.717, 1.165) is 16.7 Å². The standard InChI is InChI=1S/C15H25ClN2S/c1-11-5-4-8-15(10-11,18(2)3)13(17)9-12-6-7-14(16)19-12/h6-7,11,13H,4-5,8-10,17H2,1-3H3. The second-order valence-electron chi connectivity index (χ2n) is 6.22. The molecule has 1 aliphatic rings. The fraction of sp³-hybridized carbons (Fsp3) is 0.733. The van der Waals surface area contributed by atoms with Gasteiger partial charge in [-0.05, 0) is 51.4 Å². The lowest BCUT2D eigenvalue weighted by Crippen LogP contribution is -2.60. The van der Waals surface area contributed by atoms with Crippen molar-refractivity contribution in [3.05, 3.63) is 21.3 Å². The first-order valence-corrected chi connectivity index (χ1v) is 8.31. The maximum atomic E-state index is 6.61. The van der Waals surface area contributed by atoms with Crippen LogP contribution >= 0.6 is 22.9 Å². The van der Waals surface area contributed by atoms with Gasteiger partial charge in [-0.25, -0.2) is 0 Å². The first-order valence-electron chi connectivity index (χ1n) is 7.11. The minimum atomic E-state index is 0.147. The van der Waals surface area contributed by atoms with Gasteiger partial charge in [0.1, 0.15) is 0 Å². The third-order valence-corrected chi connectivity index (χ3v) is 5.89. The molecule has 1 saturated carbocycles. The van der Waals surface area contributed by atoms with Crippen LogP contribution in [0.1, 0.15) is 37.5 Å². The van der Waals surface area contributed by atoms with Gasteiger partial charge in [0, 0.05) is 16.5 Å². The van der Waals surface area contributed by atoms with Crippen molar-refractivity contribution in [3.63, 3.8) is 0 Å². The molecule has 1 aliphatic carbocycles. The highest BCUT2D eigenvalue weighted by Crippen LogP contribution is 2.39. The molecule has 2 N–H and O–H groups in total. The van der Waals surface area contributed by atoms with E-state index in [2.05, 4.69) is 32.0 Å². The average molecular weight is 301 g/mol. The van der Waals surface area contributed by atoms with Gasteiger partial charge < -0.3 is 10.6 Å². The van der Waals surface area contributed by atoms with Crippen LogP contribution in [-0.2, 0) is 6.42 Å². The van der Waals surface area contributed by atoms with Gasteiger partial charge >= 0.3 is 0 Å². The highest BCUT2D eigenvalue weighted by Gasteiger charge is 2.41. The van der Waals surface area contributed by atoms with Gasteiger partial charge in [-0.15, -0.1) is 11.3 Å². The molecule has 0 amide bonds. The largest absolute Gasteiger partial charge is 0.326 e. The Labute approximate surface area is 125 Å². The minimum absolute atomic E-state index is 0.147. The molecule has 4 heteroatoms. The summed E-state index contributed by atoms with van der Waals surface area (Å²) in [6.07, 6.45) is 5.98. The zero-order valence-corrected chi connectivity index (χ0v) is 13.7. The monoisotopic (exact) mass is 300 g/mol. The Balaban J connectivity index is 2.14. The van der Waals surface area contributed by atoms with Crippen molar-refractivity contribution in [2.24, 2.45) is 11.7 Å². The van der Waals surface area contributed by atoms with Gasteiger partial charge in [0.25, 0.3) is 0 Å². The molecule has 2 rings (SSSR count). The molecule has 2 nitrogen and oxygen atoms in total. The molecule has 19 heavy (non-hydrogen) atoms. The zero-order valence-electron chi connectivity index (χ0n) is 12.2. The fourth-order valence-corrected chi connectivity index (χ4v) is 4.65. The van der Waals surface area contributed by atoms with Crippen molar-refractivity contribution in [3.8, 4) is 0 Å². The van der Waals surface area contributed by atoms with Crippen LogP contribution < -0.4 is 5.73 Å². The van der Waals surface area contributed by atoms with E-state index in [1.165, 1.54) is 30.6 Å². The number of nitrogens with zero attached hydrogens (tertiary/aromatic N) is 1. The molecular weight excluding hydrogens is 276 g/mol. The number of nitrogens with two attached hydrogens (primary N) is 1. The SMILES string of the molecule is CC1CCCC(C(N)Cc2ccc(Cl)s2)(N(C)C)C1. The molecular formula is C15H25ClN2S. The summed E-state index contributed by atoms with van der Waals surface area (Å²) in [6.45, 7) is 2.35. The lowest BCUT2D eigenvalue weighted by atomic mass is 9.70. The van der Waals surface area contributed by atoms with E-state index < -0.39 is 0 Å². The third kappa shape index (κ3) is 3.33. The summed E-state index contributed by atoms with van der Waals surface area (Å²) in [5.41, 5.74) is 6.76. The lowest BCUT2D eigenvalue weighted by Gasteiger charge is -2.49. The van der Waals surface area contributed by atoms with E-state index in [1.807, 2.05) is 6.07 Å². The molecule has 0 radical (unpaired) electrons. The lowest BCUT2D eigenvalue weighted by molar-refractivity contribution is 0.0506. The molecule has 1 fully saturated rings. The van der Waals surface area contributed by atoms with Crippen molar-refractivity contribution in [1.82, 2.24) is 4.90 Å². The Kier molecular flexibility index (Phi) is 4.93. The van der Waals surface area contributed by atoms with Crippen LogP contribution in [0.25, 0.3) is 0 Å². The van der Waals surface area contributed by atoms with E-state index in [1.54, 1.807) is 11.3 Å². The van der Waals surface area contributed by atoms with Gasteiger partial charge in [0.05, 0.1) is 4.34 Å². The second kappa shape index (κ2) is 6.13. The third-order valence-electron chi connectivity index (χ3n) is 4.64. The summed E-state index contributed by atoms with van der Waals surface area (Å²) in [5.74, 6) is 0.772. The van der Waals surface area contributed by atoms with Crippen LogP contribution in [-0.4, -0.2) is 30.6 Å². The predicted molar refractivity (Wildman–Crippen MR) is 85.1 cm³/mol. The van der Waals surface area contributed by atoms with Gasteiger partial charge in [0.2, 0.25) is 0 Å². The van der Waals surface area contributed by atoms with Gasteiger partial charge in [-0.2, -0.15) is 0 Å². The van der Waals surface area contributed by atoms with E-state index in [0.29, 0.717) is 0 Å². The molecule has 0 spiro atoms. The minimum Gasteiger partial charge on any atom is -0.326 e. The highest BCUT2D eigenvalue weighted by atomic mass is 35.5. The molecule has 3 atom stereocenters. The van der Waals surface area contributed by atoms with E-state index >= 15 is 0 Å². The Bertz CT molecular complexity index is 418. The normalized spacial score (nSPS) is 29.7. The van der Waals surface area contributed by atoms with E-state index in [9.17, 15) is 0 Å². The first kappa shape index (κ1) is 15.3. The molecule has 1 aromatic rings. The smallest absolute Gasteiger partial charge is 0.0931 e. The Morgan fingerprint density at radius 3 is 2.79 bits per heavy atom. The molecule has 1 aromatic heterocycles. The van der Waals surface area contributed by atoms with Gasteiger partial charge in [-0.1, -0.05) is 31.4 Å². The average Bonchev–Trinajstić information content (AvgIpc) is 2.74. The summed E-state index contributed by atoms with van der Waals surface area (Å²) in [5, 5.41) is 0. The topological polar surface area (TPSA) is 29.3 Å². The summed E-state index contributed by atoms with van der Waals surface area (Å²) < 4.78 is 0.859. The first-order chi connectivity index (χ1) is 8.94. The molecule has 3 unspecified atom stereocenters. The van der Waals surface area contributed by atoms with Crippen molar-refractivity contribution >= 4 is 22.9 Å². The Morgan fingerprint density at radius 2 is 2.26 bits per heavy atom. The number of halogens is 1. The number of rotatable bonds is 4. The fourth-order valence-electron chi connectivity index (χ4n) is 3.51. The quantitative estimate of drug-likeness (QED) is 0.917. The van der Waals surface area contributed by atoms with Crippen LogP contribution in [0.3, 0.4) is 0 Å². The number of likely N-dealkylation sites (N-methyl/N-ethyl adjacent to an activating group) is 1. The van der Waals surface area contributed by atoms with Crippen LogP contribution in [0, 0.1) is 5.92 Å². The van der Waals surface area contributed by atoms with Crippen molar-refractivity contribution < 1.29 is 0 Å². The van der Waals surface area contributed by atoms with Crippen molar-refractivity contribution in [1.29, 1.82) is 0 Å². The van der Waals surface area contributed by atoms with E-state index in [-0.39, 0.29) is 11.6 Å². The highest BCUT2D eigenvalue weighted by molar-refractivity contribution is 7.16. The molecule has 108 valence electrons. The summed E-state index contributed by atoms with van der Waals surface area (Å²) >= 11 is 7.68. The van der Waals surface area contributed by atoms with Crippen LogP contribution in [0.15, 0.2) is 12.1 Å². The molecule has 0 saturated heterocycles. The maximum absolute atomic E-state index is 6.61. The maximum Gasteiger partial charge on any atom is 0.0931 e. The van der Waals surface area contributed by atoms with Crippen LogP contribution in [0.2, 0.25) is 4.34 Å². The van der Waals surface area contributed by atoms with Gasteiger partial charge in [0.15, 0.2) is 0 Å². The Morgan fingerprint density at radius 1 is 1.53 bits per heavy atom. The zero-order chi connectivity index (χ0) is 14.0. The van der Waals surface area contributed by atoms with Crippen LogP contribution in [0.4, 0.5) is 0 Å². The molecule has 1 heterocycles. The van der Waals surface area contributed by atoms with Gasteiger partial charge in [-0.3, -0.25) is 0 Å². The molecule has 0 bridgehead atoms. The second-order valence-corrected chi connectivity index (χ2v) is 8.02. The number of hydrogen-bond donors (Lipinski definition) is 1. The number of thiophene rings is 1. The number of hydrogen-bond acceptors (Lipinski definition) is 3. The van der Waals surface area contributed by atoms with Crippen molar-refractivity contribution in [2.75, 3.05) is 14.1 Å². The summed E-state index contributed by atoms with van der Waals surface area (Å²) in [4.78, 5) is 3.67.